The third kappa shape index (κ3) is 1.72. The second-order valence-corrected chi connectivity index (χ2v) is 5.49. The van der Waals surface area contributed by atoms with E-state index in [9.17, 15) is 0 Å². The average Bonchev–Trinajstić information content (AvgIpc) is 2.31. The smallest absolute Gasteiger partial charge is 0.121 e. The van der Waals surface area contributed by atoms with Crippen LogP contribution in [-0.2, 0) is 4.74 Å². The largest absolute Gasteiger partial charge is 0.360 e. The fourth-order valence-electron chi connectivity index (χ4n) is 3.84. The Hall–Kier alpha value is -0.0800. The van der Waals surface area contributed by atoms with Crippen molar-refractivity contribution in [1.29, 1.82) is 0 Å². The summed E-state index contributed by atoms with van der Waals surface area (Å²) < 4.78 is 6.20. The molecule has 3 aliphatic rings. The standard InChI is InChI=1S/C13H23NO/c1-3-8-13(9-4-1)14-10-5-2-6-12(14)7-11-15-13/h12H,1-11H2. The summed E-state index contributed by atoms with van der Waals surface area (Å²) in [5, 5.41) is 0. The molecule has 1 unspecified atom stereocenters. The fourth-order valence-corrected chi connectivity index (χ4v) is 3.84. The van der Waals surface area contributed by atoms with E-state index in [0.29, 0.717) is 0 Å². The lowest BCUT2D eigenvalue weighted by molar-refractivity contribution is -0.229. The molecule has 0 N–H and O–H groups in total. The Kier molecular flexibility index (Phi) is 2.73. The Balaban J connectivity index is 1.79. The predicted octanol–water partition coefficient (Wildman–Crippen LogP) is 2.92. The van der Waals surface area contributed by atoms with E-state index in [1.54, 1.807) is 0 Å². The SMILES string of the molecule is C1CCC2(CC1)OCCC1CCCCN12. The first-order valence-corrected chi connectivity index (χ1v) is 6.81. The zero-order chi connectivity index (χ0) is 10.1. The molecule has 2 heteroatoms. The van der Waals surface area contributed by atoms with Crippen LogP contribution in [0.2, 0.25) is 0 Å². The highest BCUT2D eigenvalue weighted by Gasteiger charge is 2.45. The third-order valence-electron chi connectivity index (χ3n) is 4.61. The van der Waals surface area contributed by atoms with Gasteiger partial charge in [0.25, 0.3) is 0 Å². The molecule has 0 aromatic heterocycles. The Labute approximate surface area is 93.0 Å². The zero-order valence-corrected chi connectivity index (χ0v) is 9.71. The van der Waals surface area contributed by atoms with Crippen molar-refractivity contribution in [3.05, 3.63) is 0 Å². The maximum Gasteiger partial charge on any atom is 0.121 e. The maximum absolute atomic E-state index is 6.20. The Morgan fingerprint density at radius 3 is 2.67 bits per heavy atom. The maximum atomic E-state index is 6.20. The van der Waals surface area contributed by atoms with Crippen LogP contribution in [0.5, 0.6) is 0 Å². The summed E-state index contributed by atoms with van der Waals surface area (Å²) in [7, 11) is 0. The molecule has 0 bridgehead atoms. The van der Waals surface area contributed by atoms with Crippen LogP contribution >= 0.6 is 0 Å². The number of nitrogens with zero attached hydrogens (tertiary/aromatic N) is 1. The molecular formula is C13H23NO. The van der Waals surface area contributed by atoms with Crippen LogP contribution in [0.3, 0.4) is 0 Å². The van der Waals surface area contributed by atoms with Gasteiger partial charge in [0.2, 0.25) is 0 Å². The van der Waals surface area contributed by atoms with Crippen molar-refractivity contribution in [3.63, 3.8) is 0 Å². The zero-order valence-electron chi connectivity index (χ0n) is 9.71. The van der Waals surface area contributed by atoms with Crippen molar-refractivity contribution in [2.75, 3.05) is 13.2 Å². The van der Waals surface area contributed by atoms with E-state index < -0.39 is 0 Å². The topological polar surface area (TPSA) is 12.5 Å². The van der Waals surface area contributed by atoms with Gasteiger partial charge in [0.15, 0.2) is 0 Å². The minimum absolute atomic E-state index is 0.182. The molecule has 0 aromatic rings. The van der Waals surface area contributed by atoms with Gasteiger partial charge < -0.3 is 4.74 Å². The van der Waals surface area contributed by atoms with Gasteiger partial charge in [-0.1, -0.05) is 12.8 Å². The number of ether oxygens (including phenoxy) is 1. The van der Waals surface area contributed by atoms with Gasteiger partial charge in [0, 0.05) is 12.6 Å². The normalized spacial score (nSPS) is 36.4. The van der Waals surface area contributed by atoms with Gasteiger partial charge in [0.05, 0.1) is 6.61 Å². The molecule has 1 aliphatic carbocycles. The Morgan fingerprint density at radius 1 is 0.933 bits per heavy atom. The first kappa shape index (κ1) is 10.1. The summed E-state index contributed by atoms with van der Waals surface area (Å²) >= 11 is 0. The van der Waals surface area contributed by atoms with Crippen LogP contribution in [0.1, 0.15) is 57.8 Å². The quantitative estimate of drug-likeness (QED) is 0.608. The van der Waals surface area contributed by atoms with Crippen molar-refractivity contribution in [2.45, 2.75) is 69.6 Å². The van der Waals surface area contributed by atoms with Gasteiger partial charge in [-0.3, -0.25) is 4.90 Å². The molecule has 2 aliphatic heterocycles. The second kappa shape index (κ2) is 4.06. The molecule has 0 amide bonds. The molecule has 2 heterocycles. The van der Waals surface area contributed by atoms with Crippen LogP contribution in [0.4, 0.5) is 0 Å². The van der Waals surface area contributed by atoms with Crippen molar-refractivity contribution in [1.82, 2.24) is 4.90 Å². The van der Waals surface area contributed by atoms with Gasteiger partial charge in [-0.2, -0.15) is 0 Å². The number of piperidine rings is 1. The van der Waals surface area contributed by atoms with Crippen LogP contribution in [0, 0.1) is 0 Å². The number of rotatable bonds is 0. The van der Waals surface area contributed by atoms with Crippen LogP contribution in [0.25, 0.3) is 0 Å². The first-order valence-electron chi connectivity index (χ1n) is 6.81. The minimum atomic E-state index is 0.182. The van der Waals surface area contributed by atoms with E-state index in [4.69, 9.17) is 4.74 Å². The predicted molar refractivity (Wildman–Crippen MR) is 60.7 cm³/mol. The lowest BCUT2D eigenvalue weighted by Gasteiger charge is -2.54. The molecule has 2 saturated heterocycles. The summed E-state index contributed by atoms with van der Waals surface area (Å²) in [6.45, 7) is 2.31. The highest BCUT2D eigenvalue weighted by Crippen LogP contribution is 2.41. The molecule has 1 atom stereocenters. The lowest BCUT2D eigenvalue weighted by atomic mass is 9.85. The highest BCUT2D eigenvalue weighted by molar-refractivity contribution is 4.93. The van der Waals surface area contributed by atoms with E-state index in [1.807, 2.05) is 0 Å². The third-order valence-corrected chi connectivity index (χ3v) is 4.61. The van der Waals surface area contributed by atoms with E-state index in [1.165, 1.54) is 64.3 Å². The van der Waals surface area contributed by atoms with E-state index in [2.05, 4.69) is 4.90 Å². The van der Waals surface area contributed by atoms with Crippen molar-refractivity contribution in [2.24, 2.45) is 0 Å². The Bertz CT molecular complexity index is 215. The first-order chi connectivity index (χ1) is 7.41. The summed E-state index contributed by atoms with van der Waals surface area (Å²) in [5.74, 6) is 0. The lowest BCUT2D eigenvalue weighted by Crippen LogP contribution is -2.61. The van der Waals surface area contributed by atoms with E-state index >= 15 is 0 Å². The van der Waals surface area contributed by atoms with Crippen LogP contribution < -0.4 is 0 Å². The van der Waals surface area contributed by atoms with Crippen molar-refractivity contribution in [3.8, 4) is 0 Å². The molecule has 15 heavy (non-hydrogen) atoms. The molecule has 0 aromatic carbocycles. The van der Waals surface area contributed by atoms with Gasteiger partial charge in [-0.25, -0.2) is 0 Å². The monoisotopic (exact) mass is 209 g/mol. The van der Waals surface area contributed by atoms with E-state index in [0.717, 1.165) is 12.6 Å². The number of hydrogen-bond donors (Lipinski definition) is 0. The summed E-state index contributed by atoms with van der Waals surface area (Å²) in [6, 6.07) is 0.852. The molecular weight excluding hydrogens is 186 g/mol. The molecule has 3 rings (SSSR count). The Morgan fingerprint density at radius 2 is 1.80 bits per heavy atom. The minimum Gasteiger partial charge on any atom is -0.360 e. The van der Waals surface area contributed by atoms with Gasteiger partial charge in [0.1, 0.15) is 5.72 Å². The molecule has 1 spiro atoms. The molecule has 3 fully saturated rings. The number of fused-ring (bicyclic) bond motifs is 2. The molecule has 86 valence electrons. The number of hydrogen-bond acceptors (Lipinski definition) is 2. The van der Waals surface area contributed by atoms with Gasteiger partial charge in [-0.15, -0.1) is 0 Å². The molecule has 1 saturated carbocycles. The summed E-state index contributed by atoms with van der Waals surface area (Å²) in [5.41, 5.74) is 0.182. The highest BCUT2D eigenvalue weighted by atomic mass is 16.5. The van der Waals surface area contributed by atoms with Crippen molar-refractivity contribution >= 4 is 0 Å². The van der Waals surface area contributed by atoms with Gasteiger partial charge >= 0.3 is 0 Å². The average molecular weight is 209 g/mol. The van der Waals surface area contributed by atoms with E-state index in [-0.39, 0.29) is 5.72 Å². The van der Waals surface area contributed by atoms with Crippen LogP contribution in [-0.4, -0.2) is 29.8 Å². The second-order valence-electron chi connectivity index (χ2n) is 5.49. The van der Waals surface area contributed by atoms with Crippen LogP contribution in [0.15, 0.2) is 0 Å². The van der Waals surface area contributed by atoms with Gasteiger partial charge in [-0.05, 0) is 44.9 Å². The summed E-state index contributed by atoms with van der Waals surface area (Å²) in [6.07, 6.45) is 12.3. The molecule has 2 nitrogen and oxygen atoms in total. The fraction of sp³-hybridized carbons (Fsp3) is 1.00. The van der Waals surface area contributed by atoms with Crippen molar-refractivity contribution < 1.29 is 4.74 Å². The molecule has 0 radical (unpaired) electrons. The summed E-state index contributed by atoms with van der Waals surface area (Å²) in [4.78, 5) is 2.74.